The number of hydrogen-bond donors (Lipinski definition) is 1. The molecule has 0 fully saturated rings. The Morgan fingerprint density at radius 2 is 1.81 bits per heavy atom. The highest BCUT2D eigenvalue weighted by atomic mass is 16.7. The number of carbonyl (C=O) groups excluding carboxylic acids is 2. The summed E-state index contributed by atoms with van der Waals surface area (Å²) in [6.45, 7) is 9.75. The van der Waals surface area contributed by atoms with Crippen LogP contribution in [-0.4, -0.2) is 61.1 Å². The van der Waals surface area contributed by atoms with Gasteiger partial charge in [0.25, 0.3) is 6.29 Å². The number of ether oxygens (including phenoxy) is 3. The Morgan fingerprint density at radius 3 is 2.34 bits per heavy atom. The van der Waals surface area contributed by atoms with Crippen molar-refractivity contribution in [1.29, 1.82) is 0 Å². The van der Waals surface area contributed by atoms with Gasteiger partial charge < -0.3 is 24.8 Å². The van der Waals surface area contributed by atoms with Crippen molar-refractivity contribution in [1.82, 2.24) is 9.47 Å². The normalized spacial score (nSPS) is 14.6. The molecule has 0 saturated carbocycles. The summed E-state index contributed by atoms with van der Waals surface area (Å²) in [7, 11) is 5.60. The second-order valence-corrected chi connectivity index (χ2v) is 9.30. The molecular formula is C24H37N3O5. The summed E-state index contributed by atoms with van der Waals surface area (Å²) in [6.07, 6.45) is 0.846. The number of nitrogens with two attached hydrogens (primary N) is 1. The summed E-state index contributed by atoms with van der Waals surface area (Å²) in [5.74, 6) is -0.283. The van der Waals surface area contributed by atoms with E-state index in [0.29, 0.717) is 11.3 Å². The van der Waals surface area contributed by atoms with Gasteiger partial charge >= 0.3 is 12.1 Å². The van der Waals surface area contributed by atoms with Crippen molar-refractivity contribution in [3.05, 3.63) is 30.0 Å². The van der Waals surface area contributed by atoms with E-state index in [1.807, 2.05) is 53.9 Å². The van der Waals surface area contributed by atoms with E-state index in [1.54, 1.807) is 26.3 Å². The Morgan fingerprint density at radius 1 is 1.16 bits per heavy atom. The molecule has 2 aromatic rings. The van der Waals surface area contributed by atoms with Crippen LogP contribution in [0.15, 0.2) is 24.4 Å². The Kier molecular flexibility index (Phi) is 8.31. The Hall–Kier alpha value is -2.58. The average Bonchev–Trinajstić information content (AvgIpc) is 3.09. The monoisotopic (exact) mass is 447 g/mol. The number of aromatic nitrogens is 1. The lowest BCUT2D eigenvalue weighted by Gasteiger charge is -2.30. The molecular weight excluding hydrogens is 410 g/mol. The molecule has 0 amide bonds. The van der Waals surface area contributed by atoms with Crippen LogP contribution >= 0.6 is 0 Å². The van der Waals surface area contributed by atoms with E-state index in [0.717, 1.165) is 23.9 Å². The van der Waals surface area contributed by atoms with Crippen molar-refractivity contribution < 1.29 is 23.8 Å². The summed E-state index contributed by atoms with van der Waals surface area (Å²) in [4.78, 5) is 27.8. The molecule has 8 heteroatoms. The summed E-state index contributed by atoms with van der Waals surface area (Å²) in [5.41, 5.74) is 6.63. The van der Waals surface area contributed by atoms with Crippen molar-refractivity contribution in [2.75, 3.05) is 27.7 Å². The fourth-order valence-corrected chi connectivity index (χ4v) is 3.02. The molecule has 1 heterocycles. The van der Waals surface area contributed by atoms with Crippen LogP contribution in [0.2, 0.25) is 0 Å². The Labute approximate surface area is 190 Å². The van der Waals surface area contributed by atoms with Crippen LogP contribution in [0.1, 0.15) is 40.2 Å². The first-order chi connectivity index (χ1) is 14.9. The molecule has 0 saturated heterocycles. The quantitative estimate of drug-likeness (QED) is 0.463. The molecule has 1 aromatic carbocycles. The van der Waals surface area contributed by atoms with Crippen LogP contribution < -0.4 is 10.5 Å². The first-order valence-corrected chi connectivity index (χ1v) is 10.9. The minimum Gasteiger partial charge on any atom is -0.497 e. The fourth-order valence-electron chi connectivity index (χ4n) is 3.02. The van der Waals surface area contributed by atoms with Crippen LogP contribution in [0.3, 0.4) is 0 Å². The van der Waals surface area contributed by atoms with Gasteiger partial charge in [-0.1, -0.05) is 27.7 Å². The number of hydrogen-bond acceptors (Lipinski definition) is 7. The Balaban J connectivity index is 2.34. The number of carbonyl (C=O) groups is 2. The van der Waals surface area contributed by atoms with E-state index < -0.39 is 23.9 Å². The van der Waals surface area contributed by atoms with Gasteiger partial charge in [0.05, 0.1) is 12.6 Å². The van der Waals surface area contributed by atoms with Crippen LogP contribution in [0.4, 0.5) is 4.79 Å². The van der Waals surface area contributed by atoms with E-state index in [2.05, 4.69) is 4.90 Å². The molecule has 2 atom stereocenters. The molecule has 8 nitrogen and oxygen atoms in total. The van der Waals surface area contributed by atoms with Gasteiger partial charge in [-0.3, -0.25) is 4.57 Å². The van der Waals surface area contributed by atoms with Gasteiger partial charge in [0.1, 0.15) is 11.3 Å². The number of likely N-dealkylation sites (N-methyl/N-ethyl adjacent to an activating group) is 1. The lowest BCUT2D eigenvalue weighted by atomic mass is 9.90. The summed E-state index contributed by atoms with van der Waals surface area (Å²) >= 11 is 0. The number of methoxy groups -OCH3 is 1. The van der Waals surface area contributed by atoms with Gasteiger partial charge in [-0.15, -0.1) is 0 Å². The van der Waals surface area contributed by atoms with Crippen molar-refractivity contribution >= 4 is 23.0 Å². The molecule has 0 radical (unpaired) electrons. The third-order valence-electron chi connectivity index (χ3n) is 5.74. The standard InChI is InChI=1S/C24H37N3O5/c1-15(2)21(31-22(28)24(5,25)16(3)4)32-23(29)27-14-17(11-12-26(6)7)19-13-18(30-8)9-10-20(19)27/h9-10,13-16,21H,11-12,25H2,1-8H3. The zero-order valence-corrected chi connectivity index (χ0v) is 20.5. The molecule has 0 spiro atoms. The third-order valence-corrected chi connectivity index (χ3v) is 5.74. The number of benzene rings is 1. The molecule has 0 aliphatic carbocycles. The lowest BCUT2D eigenvalue weighted by molar-refractivity contribution is -0.182. The second kappa shape index (κ2) is 10.4. The van der Waals surface area contributed by atoms with Crippen LogP contribution in [0, 0.1) is 11.8 Å². The molecule has 2 rings (SSSR count). The smallest absolute Gasteiger partial charge is 0.421 e. The number of rotatable bonds is 9. The molecule has 178 valence electrons. The summed E-state index contributed by atoms with van der Waals surface area (Å²) in [6, 6.07) is 5.53. The second-order valence-electron chi connectivity index (χ2n) is 9.30. The Bertz CT molecular complexity index is 947. The zero-order chi connectivity index (χ0) is 24.2. The van der Waals surface area contributed by atoms with Gasteiger partial charge in [-0.05, 0) is 57.1 Å². The number of fused-ring (bicyclic) bond motifs is 1. The average molecular weight is 448 g/mol. The molecule has 0 aliphatic rings. The van der Waals surface area contributed by atoms with Gasteiger partial charge in [0.2, 0.25) is 0 Å². The zero-order valence-electron chi connectivity index (χ0n) is 20.5. The highest BCUT2D eigenvalue weighted by molar-refractivity contribution is 5.93. The number of esters is 1. The van der Waals surface area contributed by atoms with Gasteiger partial charge in [0.15, 0.2) is 0 Å². The largest absolute Gasteiger partial charge is 0.497 e. The summed E-state index contributed by atoms with van der Waals surface area (Å²) in [5, 5.41) is 0.913. The first kappa shape index (κ1) is 25.7. The topological polar surface area (TPSA) is 96.0 Å². The lowest BCUT2D eigenvalue weighted by Crippen LogP contribution is -2.52. The van der Waals surface area contributed by atoms with Gasteiger partial charge in [-0.25, -0.2) is 9.59 Å². The molecule has 2 N–H and O–H groups in total. The predicted molar refractivity (Wildman–Crippen MR) is 125 cm³/mol. The van der Waals surface area contributed by atoms with Crippen molar-refractivity contribution in [3.63, 3.8) is 0 Å². The van der Waals surface area contributed by atoms with E-state index in [1.165, 1.54) is 4.57 Å². The van der Waals surface area contributed by atoms with Crippen molar-refractivity contribution in [2.45, 2.75) is 52.9 Å². The third kappa shape index (κ3) is 5.81. The summed E-state index contributed by atoms with van der Waals surface area (Å²) < 4.78 is 18.0. The van der Waals surface area contributed by atoms with Crippen LogP contribution in [0.5, 0.6) is 5.75 Å². The highest BCUT2D eigenvalue weighted by Gasteiger charge is 2.37. The highest BCUT2D eigenvalue weighted by Crippen LogP contribution is 2.27. The maximum atomic E-state index is 13.1. The molecule has 1 aromatic heterocycles. The molecule has 0 bridgehead atoms. The van der Waals surface area contributed by atoms with Crippen molar-refractivity contribution in [3.8, 4) is 5.75 Å². The molecule has 0 aliphatic heterocycles. The van der Waals surface area contributed by atoms with E-state index in [9.17, 15) is 9.59 Å². The minimum absolute atomic E-state index is 0.138. The predicted octanol–water partition coefficient (Wildman–Crippen LogP) is 3.64. The van der Waals surface area contributed by atoms with Crippen molar-refractivity contribution in [2.24, 2.45) is 17.6 Å². The van der Waals surface area contributed by atoms with Crippen LogP contribution in [-0.2, 0) is 20.7 Å². The van der Waals surface area contributed by atoms with E-state index >= 15 is 0 Å². The molecule has 32 heavy (non-hydrogen) atoms. The fraction of sp³-hybridized carbons (Fsp3) is 0.583. The first-order valence-electron chi connectivity index (χ1n) is 10.9. The van der Waals surface area contributed by atoms with Gasteiger partial charge in [0, 0.05) is 24.0 Å². The van der Waals surface area contributed by atoms with E-state index in [4.69, 9.17) is 19.9 Å². The van der Waals surface area contributed by atoms with Gasteiger partial charge in [-0.2, -0.15) is 0 Å². The maximum Gasteiger partial charge on any atom is 0.421 e. The number of nitrogens with zero attached hydrogens (tertiary/aromatic N) is 2. The van der Waals surface area contributed by atoms with Crippen LogP contribution in [0.25, 0.3) is 10.9 Å². The molecule has 2 unspecified atom stereocenters. The minimum atomic E-state index is -1.18. The maximum absolute atomic E-state index is 13.1. The SMILES string of the molecule is COc1ccc2c(c1)c(CCN(C)C)cn2C(=O)OC(OC(=O)C(C)(N)C(C)C)C(C)C. The van der Waals surface area contributed by atoms with E-state index in [-0.39, 0.29) is 11.8 Å².